The number of rotatable bonds is 12. The van der Waals surface area contributed by atoms with Crippen LogP contribution in [0.2, 0.25) is 0 Å². The summed E-state index contributed by atoms with van der Waals surface area (Å²) in [7, 11) is 5.33. The third-order valence-electron chi connectivity index (χ3n) is 16.2. The molecule has 73 heavy (non-hydrogen) atoms. The summed E-state index contributed by atoms with van der Waals surface area (Å²) < 4.78 is 37.8. The third-order valence-corrected chi connectivity index (χ3v) is 17.2. The Balaban J connectivity index is 0.000000428. The summed E-state index contributed by atoms with van der Waals surface area (Å²) in [6.07, 6.45) is -7.26. The Morgan fingerprint density at radius 1 is 0.918 bits per heavy atom. The highest BCUT2D eigenvalue weighted by Gasteiger charge is 2.53. The second-order valence-electron chi connectivity index (χ2n) is 22.7. The van der Waals surface area contributed by atoms with Gasteiger partial charge in [-0.3, -0.25) is 9.69 Å². The van der Waals surface area contributed by atoms with Crippen molar-refractivity contribution >= 4 is 22.4 Å². The van der Waals surface area contributed by atoms with Gasteiger partial charge >= 0.3 is 5.97 Å². The molecular formula is C55H95N5O12S. The number of carbonyl (C=O) groups is 1. The summed E-state index contributed by atoms with van der Waals surface area (Å²) in [5.41, 5.74) is -1.85. The summed E-state index contributed by atoms with van der Waals surface area (Å²) in [4.78, 5) is 27.8. The lowest BCUT2D eigenvalue weighted by Gasteiger charge is -2.49. The molecule has 0 bridgehead atoms. The maximum atomic E-state index is 14.3. The summed E-state index contributed by atoms with van der Waals surface area (Å²) in [5.74, 6) is -2.58. The second-order valence-corrected chi connectivity index (χ2v) is 23.5. The van der Waals surface area contributed by atoms with Crippen molar-refractivity contribution in [2.75, 3.05) is 65.4 Å². The number of benzene rings is 1. The number of piperazine rings is 1. The summed E-state index contributed by atoms with van der Waals surface area (Å²) in [5, 5.41) is 61.9. The molecule has 6 rings (SSSR count). The zero-order valence-corrected chi connectivity index (χ0v) is 47.7. The molecule has 5 heterocycles. The largest absolute Gasteiger partial charge is 0.459 e. The average Bonchev–Trinajstić information content (AvgIpc) is 3.79. The number of hydrogen-bond acceptors (Lipinski definition) is 18. The van der Waals surface area contributed by atoms with Crippen LogP contribution in [0.4, 0.5) is 5.13 Å². The minimum atomic E-state index is -1.80. The van der Waals surface area contributed by atoms with Crippen molar-refractivity contribution in [3.8, 4) is 0 Å². The van der Waals surface area contributed by atoms with Gasteiger partial charge in [-0.1, -0.05) is 58.0 Å². The van der Waals surface area contributed by atoms with Crippen LogP contribution in [-0.2, 0) is 39.8 Å². The van der Waals surface area contributed by atoms with Crippen LogP contribution < -0.4 is 4.90 Å². The zero-order valence-electron chi connectivity index (χ0n) is 46.8. The monoisotopic (exact) mass is 1050 g/mol. The van der Waals surface area contributed by atoms with E-state index in [0.29, 0.717) is 13.0 Å². The minimum absolute atomic E-state index is 0.134. The van der Waals surface area contributed by atoms with E-state index in [1.54, 1.807) is 46.0 Å². The molecule has 4 fully saturated rings. The normalized spacial score (nSPS) is 40.0. The van der Waals surface area contributed by atoms with E-state index in [1.165, 1.54) is 24.7 Å². The number of thiazole rings is 1. The van der Waals surface area contributed by atoms with Crippen LogP contribution in [0.3, 0.4) is 0 Å². The number of anilines is 1. The smallest absolute Gasteiger partial charge is 0.311 e. The molecule has 0 radical (unpaired) electrons. The van der Waals surface area contributed by atoms with Crippen LogP contribution in [0.1, 0.15) is 120 Å². The molecule has 0 unspecified atom stereocenters. The number of methoxy groups -OCH3 is 1. The average molecular weight is 1050 g/mol. The number of aliphatic hydroxyl groups excluding tert-OH is 3. The quantitative estimate of drug-likeness (QED) is 0.168. The molecule has 0 saturated carbocycles. The molecule has 2 aromatic rings. The zero-order chi connectivity index (χ0) is 54.2. The van der Waals surface area contributed by atoms with E-state index in [1.807, 2.05) is 46.7 Å². The molecule has 4 aliphatic rings. The lowest BCUT2D eigenvalue weighted by Crippen LogP contribution is -2.60. The number of nitrogens with zero attached hydrogens (tertiary/aromatic N) is 5. The summed E-state index contributed by atoms with van der Waals surface area (Å²) in [6.45, 7) is 28.5. The van der Waals surface area contributed by atoms with Gasteiger partial charge in [-0.05, 0) is 113 Å². The first-order valence-electron chi connectivity index (χ1n) is 27.0. The first-order valence-corrected chi connectivity index (χ1v) is 27.8. The van der Waals surface area contributed by atoms with Gasteiger partial charge in [0.1, 0.15) is 30.0 Å². The number of carbonyl (C=O) groups excluding carboxylic acids is 1. The highest BCUT2D eigenvalue weighted by Crippen LogP contribution is 2.40. The predicted octanol–water partition coefficient (Wildman–Crippen LogP) is 5.45. The van der Waals surface area contributed by atoms with Gasteiger partial charge in [0.2, 0.25) is 0 Å². The van der Waals surface area contributed by atoms with E-state index in [4.69, 9.17) is 28.4 Å². The number of esters is 1. The van der Waals surface area contributed by atoms with Crippen LogP contribution in [-0.4, -0.2) is 202 Å². The van der Waals surface area contributed by atoms with Crippen molar-refractivity contribution in [3.63, 3.8) is 0 Å². The Hall–Kier alpha value is -2.40. The number of aliphatic hydroxyl groups is 5. The number of cyclic esters (lactones) is 1. The third kappa shape index (κ3) is 15.6. The molecule has 4 aliphatic heterocycles. The van der Waals surface area contributed by atoms with Crippen LogP contribution in [0, 0.1) is 24.7 Å². The molecule has 0 spiro atoms. The Kier molecular flexibility index (Phi) is 22.5. The fourth-order valence-corrected chi connectivity index (χ4v) is 12.5. The minimum Gasteiger partial charge on any atom is -0.459 e. The maximum absolute atomic E-state index is 14.3. The number of aryl methyl sites for hydroxylation is 1. The molecule has 18 heteroatoms. The van der Waals surface area contributed by atoms with Crippen LogP contribution >= 0.6 is 11.3 Å². The van der Waals surface area contributed by atoms with Gasteiger partial charge in [-0.2, -0.15) is 0 Å². The summed E-state index contributed by atoms with van der Waals surface area (Å²) >= 11 is 1.76. The molecule has 18 atom stereocenters. The van der Waals surface area contributed by atoms with Gasteiger partial charge in [-0.25, -0.2) is 4.98 Å². The fraction of sp³-hybridized carbons (Fsp3) is 0.818. The van der Waals surface area contributed by atoms with Crippen molar-refractivity contribution in [1.29, 1.82) is 0 Å². The molecule has 0 aliphatic carbocycles. The Morgan fingerprint density at radius 3 is 2.16 bits per heavy atom. The number of hydrogen-bond donors (Lipinski definition) is 5. The Labute approximate surface area is 441 Å². The van der Waals surface area contributed by atoms with Gasteiger partial charge in [0.25, 0.3) is 0 Å². The van der Waals surface area contributed by atoms with Crippen molar-refractivity contribution in [1.82, 2.24) is 19.7 Å². The van der Waals surface area contributed by atoms with Crippen molar-refractivity contribution < 1.29 is 58.7 Å². The number of ether oxygens (including phenoxy) is 6. The molecule has 4 saturated heterocycles. The maximum Gasteiger partial charge on any atom is 0.311 e. The highest BCUT2D eigenvalue weighted by molar-refractivity contribution is 7.13. The molecule has 1 aromatic heterocycles. The first kappa shape index (κ1) is 61.5. The molecule has 0 amide bonds. The first-order chi connectivity index (χ1) is 34.3. The predicted molar refractivity (Wildman–Crippen MR) is 284 cm³/mol. The van der Waals surface area contributed by atoms with Crippen molar-refractivity contribution in [2.45, 2.75) is 212 Å². The second kappa shape index (κ2) is 26.8. The Bertz CT molecular complexity index is 1960. The van der Waals surface area contributed by atoms with E-state index < -0.39 is 96.0 Å². The Morgan fingerprint density at radius 2 is 1.58 bits per heavy atom. The van der Waals surface area contributed by atoms with E-state index in [2.05, 4.69) is 69.2 Å². The van der Waals surface area contributed by atoms with Gasteiger partial charge in [0, 0.05) is 76.2 Å². The number of aromatic nitrogens is 1. The van der Waals surface area contributed by atoms with Crippen LogP contribution in [0.25, 0.3) is 0 Å². The van der Waals surface area contributed by atoms with Gasteiger partial charge in [-0.15, -0.1) is 11.3 Å². The molecule has 1 aromatic carbocycles. The summed E-state index contributed by atoms with van der Waals surface area (Å²) in [6, 6.07) is 9.93. The highest BCUT2D eigenvalue weighted by atomic mass is 32.1. The topological polar surface area (TPSA) is 199 Å². The van der Waals surface area contributed by atoms with Crippen molar-refractivity contribution in [2.24, 2.45) is 17.8 Å². The van der Waals surface area contributed by atoms with Gasteiger partial charge in [0.15, 0.2) is 17.7 Å². The van der Waals surface area contributed by atoms with E-state index in [9.17, 15) is 30.3 Å². The standard InChI is InChI=1S/C40H76N2O12.C15H19N3S/c1-15-17-41(12)28-18-23(4)50-37(31(28)43)54-35-24(5)32(53-30-20-39(10,49-14)34(45)27(8)51-30)25(6)36(46)52-29(16-2)40(11,48)33(44)26(7)42(13)21-22(3)19-38(35,9)47;1-13-12-19-15(16-13)18-9-7-17(8-10-18)11-14-5-3-2-4-6-14/h22-35,37,43-45,47-48H,15-21H2,1-14H3;2-6,12H,7-11H2,1H3/t22-,23-,24+,25-,26-,27+,28+,29-,30+,31-,32+,33-,34+,35-,37+,38-,39-,40-;/m1./s1. The van der Waals surface area contributed by atoms with E-state index >= 15 is 0 Å². The van der Waals surface area contributed by atoms with Gasteiger partial charge < -0.3 is 68.7 Å². The van der Waals surface area contributed by atoms with Gasteiger partial charge in [0.05, 0.1) is 47.2 Å². The fourth-order valence-electron chi connectivity index (χ4n) is 11.6. The lowest BCUT2D eigenvalue weighted by atomic mass is 9.77. The molecule has 5 N–H and O–H groups in total. The molecular weight excluding hydrogens is 955 g/mol. The van der Waals surface area contributed by atoms with Crippen molar-refractivity contribution in [3.05, 3.63) is 47.0 Å². The van der Waals surface area contributed by atoms with E-state index in [-0.39, 0.29) is 37.3 Å². The van der Waals surface area contributed by atoms with Crippen LogP contribution in [0.15, 0.2) is 35.7 Å². The SMILES string of the molecule is CCCN(C)[C@H]1C[C@@H](C)O[C@@H](O[C@@H]2[C@@H](C)[C@H](O[C@H]3C[C@@](C)(OC)[C@@H](O)[C@H](C)O3)[C@@H](C)C(=O)O[C@H](CC)[C@@](C)(O)[C@H](O)[C@@H](C)N(C)C[C@H](C)C[C@@]2(C)O)[C@@H]1O.Cc1csc(N2CCN(Cc3ccccc3)CC2)n1. The molecule has 17 nitrogen and oxygen atoms in total. The molecule has 418 valence electrons. The van der Waals surface area contributed by atoms with E-state index in [0.717, 1.165) is 51.4 Å². The van der Waals surface area contributed by atoms with Crippen LogP contribution in [0.5, 0.6) is 0 Å². The number of likely N-dealkylation sites (N-methyl/N-ethyl adjacent to an activating group) is 2. The lowest BCUT2D eigenvalue weighted by molar-refractivity contribution is -0.318.